The van der Waals surface area contributed by atoms with Crippen LogP contribution in [0.2, 0.25) is 15.2 Å². The summed E-state index contributed by atoms with van der Waals surface area (Å²) in [6, 6.07) is 59.7. The van der Waals surface area contributed by atoms with Gasteiger partial charge in [0.25, 0.3) is 0 Å². The summed E-state index contributed by atoms with van der Waals surface area (Å²) in [7, 11) is 0. The fourth-order valence-corrected chi connectivity index (χ4v) is 6.54. The molecule has 0 atom stereocenters. The molecule has 2 heterocycles. The third-order valence-corrected chi connectivity index (χ3v) is 9.40. The Morgan fingerprint density at radius 3 is 1.29 bits per heavy atom. The number of aromatic nitrogens is 2. The van der Waals surface area contributed by atoms with Gasteiger partial charge in [-0.05, 0) is 57.1 Å². The van der Waals surface area contributed by atoms with Crippen molar-refractivity contribution in [2.45, 2.75) is 0 Å². The number of pyridine rings is 2. The molecule has 0 aliphatic rings. The van der Waals surface area contributed by atoms with Crippen molar-refractivity contribution < 1.29 is 0 Å². The van der Waals surface area contributed by atoms with Gasteiger partial charge >= 0.3 is 0 Å². The van der Waals surface area contributed by atoms with Crippen LogP contribution in [0, 0.1) is 0 Å². The summed E-state index contributed by atoms with van der Waals surface area (Å²) in [5.74, 6) is 0. The molecular formula is C46H31Cl3N2. The number of halogens is 3. The first-order valence-electron chi connectivity index (χ1n) is 16.5. The number of rotatable bonds is 6. The van der Waals surface area contributed by atoms with E-state index in [1.54, 1.807) is 12.3 Å². The van der Waals surface area contributed by atoms with Crippen LogP contribution in [0.5, 0.6) is 0 Å². The number of hydrogen-bond donors (Lipinski definition) is 0. The Hall–Kier alpha value is -5.51. The monoisotopic (exact) mass is 716 g/mol. The smallest absolute Gasteiger partial charge is 0.129 e. The van der Waals surface area contributed by atoms with Gasteiger partial charge in [-0.1, -0.05) is 193 Å². The molecule has 0 radical (unpaired) electrons. The van der Waals surface area contributed by atoms with Gasteiger partial charge < -0.3 is 0 Å². The molecule has 6 aromatic carbocycles. The SMILES string of the molecule is Clc1cc(-c2ccc(-c3ccccc3)cc2)c(Cl)cn1.Clc1ccccc1-c1cnc(-c2ccccc2)cc1-c1ccc(-c2ccccc2)cc1. The van der Waals surface area contributed by atoms with E-state index in [4.69, 9.17) is 39.8 Å². The average molecular weight is 718 g/mol. The Morgan fingerprint density at radius 2 is 0.745 bits per heavy atom. The molecular weight excluding hydrogens is 687 g/mol. The van der Waals surface area contributed by atoms with Crippen LogP contribution < -0.4 is 0 Å². The van der Waals surface area contributed by atoms with Crippen molar-refractivity contribution in [2.75, 3.05) is 0 Å². The summed E-state index contributed by atoms with van der Waals surface area (Å²) in [5.41, 5.74) is 13.0. The van der Waals surface area contributed by atoms with E-state index in [9.17, 15) is 0 Å². The van der Waals surface area contributed by atoms with Gasteiger partial charge in [0.05, 0.1) is 10.7 Å². The third kappa shape index (κ3) is 8.11. The standard InChI is InChI=1S/C29H20ClN.C17H11Cl2N/c30-28-14-8-7-13-25(28)27-20-31-29(24-11-5-2-6-12-24)19-26(27)23-17-15-22(16-18-23)21-9-3-1-4-10-21;18-16-11-20-17(19)10-15(16)14-8-6-13(7-9-14)12-4-2-1-3-5-12/h1-20H;1-11H. The van der Waals surface area contributed by atoms with E-state index in [1.807, 2.05) is 85.1 Å². The Balaban J connectivity index is 0.000000175. The normalized spacial score (nSPS) is 10.6. The van der Waals surface area contributed by atoms with Gasteiger partial charge in [0.2, 0.25) is 0 Å². The van der Waals surface area contributed by atoms with Gasteiger partial charge in [0.1, 0.15) is 5.15 Å². The van der Waals surface area contributed by atoms with Crippen molar-refractivity contribution in [3.63, 3.8) is 0 Å². The molecule has 0 spiro atoms. The topological polar surface area (TPSA) is 25.8 Å². The van der Waals surface area contributed by atoms with E-state index in [1.165, 1.54) is 22.3 Å². The Kier molecular flexibility index (Phi) is 10.7. The molecule has 0 amide bonds. The van der Waals surface area contributed by atoms with E-state index in [0.29, 0.717) is 10.2 Å². The lowest BCUT2D eigenvalue weighted by molar-refractivity contribution is 1.32. The van der Waals surface area contributed by atoms with Gasteiger partial charge in [0, 0.05) is 39.7 Å². The molecule has 0 fully saturated rings. The summed E-state index contributed by atoms with van der Waals surface area (Å²) < 4.78 is 0. The summed E-state index contributed by atoms with van der Waals surface area (Å²) in [4.78, 5) is 8.72. The predicted octanol–water partition coefficient (Wildman–Crippen LogP) is 14.1. The number of benzene rings is 6. The lowest BCUT2D eigenvalue weighted by atomic mass is 9.93. The fourth-order valence-electron chi connectivity index (χ4n) is 5.94. The molecule has 0 aliphatic carbocycles. The summed E-state index contributed by atoms with van der Waals surface area (Å²) in [5, 5.41) is 1.76. The van der Waals surface area contributed by atoms with Gasteiger partial charge in [-0.25, -0.2) is 4.98 Å². The van der Waals surface area contributed by atoms with E-state index < -0.39 is 0 Å². The number of nitrogens with zero attached hydrogens (tertiary/aromatic N) is 2. The van der Waals surface area contributed by atoms with Crippen LogP contribution in [0.25, 0.3) is 66.9 Å². The maximum Gasteiger partial charge on any atom is 0.129 e. The second-order valence-corrected chi connectivity index (χ2v) is 13.0. The van der Waals surface area contributed by atoms with Gasteiger partial charge in [0.15, 0.2) is 0 Å². The predicted molar refractivity (Wildman–Crippen MR) is 216 cm³/mol. The van der Waals surface area contributed by atoms with Crippen molar-refractivity contribution in [1.29, 1.82) is 0 Å². The maximum atomic E-state index is 6.55. The van der Waals surface area contributed by atoms with E-state index in [2.05, 4.69) is 96.0 Å². The highest BCUT2D eigenvalue weighted by atomic mass is 35.5. The zero-order valence-electron chi connectivity index (χ0n) is 27.4. The van der Waals surface area contributed by atoms with Crippen LogP contribution in [0.1, 0.15) is 0 Å². The lowest BCUT2D eigenvalue weighted by Crippen LogP contribution is -1.92. The Labute approximate surface area is 313 Å². The van der Waals surface area contributed by atoms with Gasteiger partial charge in [-0.15, -0.1) is 0 Å². The molecule has 0 aliphatic heterocycles. The molecule has 0 bridgehead atoms. The second kappa shape index (κ2) is 16.0. The largest absolute Gasteiger partial charge is 0.256 e. The Bertz CT molecular complexity index is 2360. The fraction of sp³-hybridized carbons (Fsp3) is 0. The molecule has 8 aromatic rings. The number of hydrogen-bond acceptors (Lipinski definition) is 2. The van der Waals surface area contributed by atoms with E-state index >= 15 is 0 Å². The summed E-state index contributed by atoms with van der Waals surface area (Å²) in [6.45, 7) is 0. The van der Waals surface area contributed by atoms with Crippen molar-refractivity contribution in [1.82, 2.24) is 9.97 Å². The molecule has 0 saturated heterocycles. The van der Waals surface area contributed by atoms with E-state index in [-0.39, 0.29) is 0 Å². The highest BCUT2D eigenvalue weighted by molar-refractivity contribution is 6.34. The Morgan fingerprint density at radius 1 is 0.294 bits per heavy atom. The van der Waals surface area contributed by atoms with Crippen LogP contribution in [0.15, 0.2) is 188 Å². The van der Waals surface area contributed by atoms with Crippen molar-refractivity contribution in [2.24, 2.45) is 0 Å². The molecule has 2 nitrogen and oxygen atoms in total. The highest BCUT2D eigenvalue weighted by Crippen LogP contribution is 2.38. The van der Waals surface area contributed by atoms with E-state index in [0.717, 1.165) is 49.7 Å². The van der Waals surface area contributed by atoms with Crippen molar-refractivity contribution in [3.05, 3.63) is 204 Å². The second-order valence-electron chi connectivity index (χ2n) is 11.8. The zero-order chi connectivity index (χ0) is 35.0. The van der Waals surface area contributed by atoms with Crippen LogP contribution in [0.3, 0.4) is 0 Å². The van der Waals surface area contributed by atoms with Crippen molar-refractivity contribution >= 4 is 34.8 Å². The molecule has 0 unspecified atom stereocenters. The quantitative estimate of drug-likeness (QED) is 0.160. The first-order chi connectivity index (χ1) is 25.0. The van der Waals surface area contributed by atoms with Crippen LogP contribution in [-0.4, -0.2) is 9.97 Å². The van der Waals surface area contributed by atoms with Crippen LogP contribution in [0.4, 0.5) is 0 Å². The first kappa shape index (κ1) is 34.0. The van der Waals surface area contributed by atoms with Crippen molar-refractivity contribution in [3.8, 4) is 66.9 Å². The first-order valence-corrected chi connectivity index (χ1v) is 17.6. The van der Waals surface area contributed by atoms with Crippen LogP contribution in [-0.2, 0) is 0 Å². The summed E-state index contributed by atoms with van der Waals surface area (Å²) >= 11 is 18.6. The molecule has 8 rings (SSSR count). The lowest BCUT2D eigenvalue weighted by Gasteiger charge is -2.14. The molecule has 2 aromatic heterocycles. The molecule has 246 valence electrons. The maximum absolute atomic E-state index is 6.55. The minimum absolute atomic E-state index is 0.441. The molecule has 0 saturated carbocycles. The third-order valence-electron chi connectivity index (χ3n) is 8.57. The average Bonchev–Trinajstić information content (AvgIpc) is 3.20. The minimum Gasteiger partial charge on any atom is -0.256 e. The summed E-state index contributed by atoms with van der Waals surface area (Å²) in [6.07, 6.45) is 3.51. The molecule has 0 N–H and O–H groups in total. The van der Waals surface area contributed by atoms with Crippen LogP contribution >= 0.6 is 34.8 Å². The molecule has 51 heavy (non-hydrogen) atoms. The minimum atomic E-state index is 0.441. The zero-order valence-corrected chi connectivity index (χ0v) is 29.7. The molecule has 5 heteroatoms. The van der Waals surface area contributed by atoms with Gasteiger partial charge in [-0.3, -0.25) is 4.98 Å². The highest BCUT2D eigenvalue weighted by Gasteiger charge is 2.14. The van der Waals surface area contributed by atoms with Gasteiger partial charge in [-0.2, -0.15) is 0 Å².